The number of aryl methyl sites for hydroxylation is 1. The molecule has 0 aromatic heterocycles. The van der Waals surface area contributed by atoms with Crippen LogP contribution in [0.5, 0.6) is 5.75 Å². The predicted molar refractivity (Wildman–Crippen MR) is 106 cm³/mol. The average molecular weight is 397 g/mol. The van der Waals surface area contributed by atoms with Gasteiger partial charge in [-0.15, -0.1) is 12.4 Å². The third kappa shape index (κ3) is 4.04. The summed E-state index contributed by atoms with van der Waals surface area (Å²) in [5.74, 6) is 0.693. The molecule has 1 aliphatic heterocycles. The maximum Gasteiger partial charge on any atom is 0.243 e. The normalized spacial score (nSPS) is 20.6. The van der Waals surface area contributed by atoms with E-state index in [0.29, 0.717) is 35.9 Å². The van der Waals surface area contributed by atoms with Gasteiger partial charge >= 0.3 is 0 Å². The first-order valence-electron chi connectivity index (χ1n) is 8.47. The molecular weight excluding hydrogens is 372 g/mol. The summed E-state index contributed by atoms with van der Waals surface area (Å²) in [6.45, 7) is 4.97. The van der Waals surface area contributed by atoms with Gasteiger partial charge in [0.1, 0.15) is 5.75 Å². The van der Waals surface area contributed by atoms with Crippen molar-refractivity contribution < 1.29 is 13.2 Å². The third-order valence-electron chi connectivity index (χ3n) is 4.63. The first-order valence-corrected chi connectivity index (χ1v) is 9.91. The van der Waals surface area contributed by atoms with Gasteiger partial charge in [-0.25, -0.2) is 8.42 Å². The summed E-state index contributed by atoms with van der Waals surface area (Å²) in [4.78, 5) is 0.317. The number of hydrogen-bond donors (Lipinski definition) is 1. The van der Waals surface area contributed by atoms with Crippen molar-refractivity contribution in [3.63, 3.8) is 0 Å². The standard InChI is InChI=1S/C19H24N2O3S.ClH/c1-3-24-16-9-10-19(14(2)11-16)25(22,23)21-12-17(18(20)13-21)15-7-5-4-6-8-15;/h4-11,17-18H,3,12-13,20H2,1-2H3;1H/t17-,18+;/m0./s1. The minimum Gasteiger partial charge on any atom is -0.494 e. The third-order valence-corrected chi connectivity index (χ3v) is 6.63. The molecule has 142 valence electrons. The Hall–Kier alpha value is -1.60. The summed E-state index contributed by atoms with van der Waals surface area (Å²) in [7, 11) is -3.58. The second kappa shape index (κ2) is 8.39. The minimum absolute atomic E-state index is 0. The van der Waals surface area contributed by atoms with Gasteiger partial charge in [0.05, 0.1) is 11.5 Å². The largest absolute Gasteiger partial charge is 0.494 e. The van der Waals surface area contributed by atoms with E-state index in [2.05, 4.69) is 0 Å². The van der Waals surface area contributed by atoms with Crippen molar-refractivity contribution in [3.05, 3.63) is 59.7 Å². The first kappa shape index (κ1) is 20.7. The Labute approximate surface area is 161 Å². The van der Waals surface area contributed by atoms with Crippen molar-refractivity contribution in [1.29, 1.82) is 0 Å². The topological polar surface area (TPSA) is 72.6 Å². The van der Waals surface area contributed by atoms with Crippen LogP contribution < -0.4 is 10.5 Å². The maximum atomic E-state index is 13.1. The Kier molecular flexibility index (Phi) is 6.69. The summed E-state index contributed by atoms with van der Waals surface area (Å²) in [5.41, 5.74) is 8.01. The number of nitrogens with two attached hydrogens (primary N) is 1. The second-order valence-electron chi connectivity index (χ2n) is 6.36. The van der Waals surface area contributed by atoms with Gasteiger partial charge in [-0.05, 0) is 43.2 Å². The molecule has 3 rings (SSSR count). The smallest absolute Gasteiger partial charge is 0.243 e. The fraction of sp³-hybridized carbons (Fsp3) is 0.368. The van der Waals surface area contributed by atoms with Gasteiger partial charge in [-0.2, -0.15) is 4.31 Å². The monoisotopic (exact) mass is 396 g/mol. The van der Waals surface area contributed by atoms with Crippen molar-refractivity contribution in [2.24, 2.45) is 5.73 Å². The van der Waals surface area contributed by atoms with Crippen LogP contribution in [0.15, 0.2) is 53.4 Å². The number of benzene rings is 2. The predicted octanol–water partition coefficient (Wildman–Crippen LogP) is 2.93. The van der Waals surface area contributed by atoms with Crippen LogP contribution in [-0.4, -0.2) is 38.5 Å². The molecule has 0 aliphatic carbocycles. The lowest BCUT2D eigenvalue weighted by molar-refractivity contribution is 0.339. The molecule has 7 heteroatoms. The number of halogens is 1. The first-order chi connectivity index (χ1) is 11.9. The molecule has 26 heavy (non-hydrogen) atoms. The van der Waals surface area contributed by atoms with E-state index in [-0.39, 0.29) is 24.4 Å². The van der Waals surface area contributed by atoms with E-state index in [1.165, 1.54) is 4.31 Å². The maximum absolute atomic E-state index is 13.1. The molecular formula is C19H25ClN2O3S. The van der Waals surface area contributed by atoms with Crippen molar-refractivity contribution >= 4 is 22.4 Å². The Balaban J connectivity index is 0.00000243. The fourth-order valence-electron chi connectivity index (χ4n) is 3.35. The van der Waals surface area contributed by atoms with Gasteiger partial charge in [0.25, 0.3) is 0 Å². The Bertz CT molecular complexity index is 843. The molecule has 2 aromatic rings. The highest BCUT2D eigenvalue weighted by atomic mass is 35.5. The molecule has 0 saturated carbocycles. The molecule has 0 amide bonds. The van der Waals surface area contributed by atoms with Crippen LogP contribution in [0.3, 0.4) is 0 Å². The lowest BCUT2D eigenvalue weighted by Gasteiger charge is -2.18. The van der Waals surface area contributed by atoms with E-state index in [1.807, 2.05) is 37.3 Å². The molecule has 1 aliphatic rings. The van der Waals surface area contributed by atoms with Crippen LogP contribution >= 0.6 is 12.4 Å². The van der Waals surface area contributed by atoms with E-state index in [4.69, 9.17) is 10.5 Å². The van der Waals surface area contributed by atoms with Crippen molar-refractivity contribution in [2.75, 3.05) is 19.7 Å². The van der Waals surface area contributed by atoms with E-state index in [9.17, 15) is 8.42 Å². The van der Waals surface area contributed by atoms with E-state index < -0.39 is 10.0 Å². The summed E-state index contributed by atoms with van der Waals surface area (Å²) >= 11 is 0. The van der Waals surface area contributed by atoms with Gasteiger partial charge in [-0.1, -0.05) is 30.3 Å². The van der Waals surface area contributed by atoms with Crippen LogP contribution in [0.25, 0.3) is 0 Å². The summed E-state index contributed by atoms with van der Waals surface area (Å²) in [5, 5.41) is 0. The molecule has 2 N–H and O–H groups in total. The molecule has 2 atom stereocenters. The number of ether oxygens (including phenoxy) is 1. The molecule has 2 aromatic carbocycles. The van der Waals surface area contributed by atoms with Gasteiger partial charge in [0.2, 0.25) is 10.0 Å². The van der Waals surface area contributed by atoms with Crippen LogP contribution in [0.1, 0.15) is 24.0 Å². The number of nitrogens with zero attached hydrogens (tertiary/aromatic N) is 1. The molecule has 1 saturated heterocycles. The van der Waals surface area contributed by atoms with Gasteiger partial charge in [0.15, 0.2) is 0 Å². The Morgan fingerprint density at radius 2 is 1.85 bits per heavy atom. The van der Waals surface area contributed by atoms with Gasteiger partial charge in [0, 0.05) is 25.0 Å². The second-order valence-corrected chi connectivity index (χ2v) is 8.27. The lowest BCUT2D eigenvalue weighted by atomic mass is 9.95. The van der Waals surface area contributed by atoms with Crippen LogP contribution in [-0.2, 0) is 10.0 Å². The zero-order valence-corrected chi connectivity index (χ0v) is 16.6. The molecule has 0 radical (unpaired) electrons. The van der Waals surface area contributed by atoms with Crippen LogP contribution in [0, 0.1) is 6.92 Å². The van der Waals surface area contributed by atoms with E-state index in [1.54, 1.807) is 25.1 Å². The van der Waals surface area contributed by atoms with E-state index >= 15 is 0 Å². The van der Waals surface area contributed by atoms with Crippen LogP contribution in [0.4, 0.5) is 0 Å². The number of rotatable bonds is 5. The van der Waals surface area contributed by atoms with Crippen molar-refractivity contribution in [2.45, 2.75) is 30.7 Å². The van der Waals surface area contributed by atoms with Crippen LogP contribution in [0.2, 0.25) is 0 Å². The summed E-state index contributed by atoms with van der Waals surface area (Å²) in [6, 6.07) is 14.7. The minimum atomic E-state index is -3.58. The Morgan fingerprint density at radius 3 is 2.46 bits per heavy atom. The lowest BCUT2D eigenvalue weighted by Crippen LogP contribution is -2.32. The molecule has 0 bridgehead atoms. The van der Waals surface area contributed by atoms with E-state index in [0.717, 1.165) is 5.56 Å². The zero-order chi connectivity index (χ0) is 18.0. The summed E-state index contributed by atoms with van der Waals surface area (Å²) < 4.78 is 33.1. The summed E-state index contributed by atoms with van der Waals surface area (Å²) in [6.07, 6.45) is 0. The average Bonchev–Trinajstić information content (AvgIpc) is 2.98. The molecule has 5 nitrogen and oxygen atoms in total. The van der Waals surface area contributed by atoms with Gasteiger partial charge in [-0.3, -0.25) is 0 Å². The zero-order valence-electron chi connectivity index (χ0n) is 15.0. The number of sulfonamides is 1. The SMILES string of the molecule is CCOc1ccc(S(=O)(=O)N2C[C@@H](N)[C@H](c3ccccc3)C2)c(C)c1.Cl. The fourth-order valence-corrected chi connectivity index (χ4v) is 5.06. The van der Waals surface area contributed by atoms with Crippen molar-refractivity contribution in [3.8, 4) is 5.75 Å². The quantitative estimate of drug-likeness (QED) is 0.843. The molecule has 1 fully saturated rings. The molecule has 0 spiro atoms. The van der Waals surface area contributed by atoms with Gasteiger partial charge < -0.3 is 10.5 Å². The Morgan fingerprint density at radius 1 is 1.15 bits per heavy atom. The molecule has 1 heterocycles. The number of hydrogen-bond acceptors (Lipinski definition) is 4. The highest BCUT2D eigenvalue weighted by Gasteiger charge is 2.38. The highest BCUT2D eigenvalue weighted by Crippen LogP contribution is 2.32. The highest BCUT2D eigenvalue weighted by molar-refractivity contribution is 7.89. The molecule has 0 unspecified atom stereocenters. The van der Waals surface area contributed by atoms with Crippen molar-refractivity contribution in [1.82, 2.24) is 4.31 Å².